The van der Waals surface area contributed by atoms with Gasteiger partial charge in [-0.3, -0.25) is 0 Å². The van der Waals surface area contributed by atoms with E-state index in [1.165, 1.54) is 6.07 Å². The van der Waals surface area contributed by atoms with Crippen molar-refractivity contribution < 1.29 is 9.90 Å². The number of pyridine rings is 2. The second-order valence-electron chi connectivity index (χ2n) is 3.73. The van der Waals surface area contributed by atoms with E-state index in [9.17, 15) is 4.79 Å². The van der Waals surface area contributed by atoms with Crippen molar-refractivity contribution in [3.8, 4) is 0 Å². The van der Waals surface area contributed by atoms with Gasteiger partial charge in [0.2, 0.25) is 0 Å². The largest absolute Gasteiger partial charge is 0.477 e. The van der Waals surface area contributed by atoms with E-state index in [1.54, 1.807) is 6.07 Å². The van der Waals surface area contributed by atoms with Crippen molar-refractivity contribution in [3.05, 3.63) is 48.2 Å². The Morgan fingerprint density at radius 3 is 2.65 bits per heavy atom. The molecule has 0 aliphatic carbocycles. The monoisotopic (exact) mass is 224 g/mol. The second kappa shape index (κ2) is 3.52. The normalized spacial score (nSPS) is 10.8. The second-order valence-corrected chi connectivity index (χ2v) is 3.73. The zero-order valence-electron chi connectivity index (χ0n) is 8.79. The minimum atomic E-state index is -1.04. The van der Waals surface area contributed by atoms with E-state index in [0.717, 1.165) is 16.3 Å². The molecule has 0 radical (unpaired) electrons. The van der Waals surface area contributed by atoms with Crippen LogP contribution in [0.1, 0.15) is 10.5 Å². The van der Waals surface area contributed by atoms with Crippen molar-refractivity contribution >= 4 is 27.9 Å². The SMILES string of the molecule is O=C(O)c1ccc2cc3ccccc3nc2n1. The Morgan fingerprint density at radius 1 is 1.00 bits per heavy atom. The number of para-hydroxylation sites is 1. The number of nitrogens with zero attached hydrogens (tertiary/aromatic N) is 2. The number of benzene rings is 1. The molecule has 82 valence electrons. The van der Waals surface area contributed by atoms with Crippen LogP contribution in [0.5, 0.6) is 0 Å². The molecule has 0 bridgehead atoms. The van der Waals surface area contributed by atoms with Crippen LogP contribution in [0.3, 0.4) is 0 Å². The molecule has 2 heterocycles. The van der Waals surface area contributed by atoms with Crippen LogP contribution in [0.25, 0.3) is 21.9 Å². The van der Waals surface area contributed by atoms with Gasteiger partial charge in [-0.2, -0.15) is 0 Å². The van der Waals surface area contributed by atoms with Crippen molar-refractivity contribution in [1.82, 2.24) is 9.97 Å². The summed E-state index contributed by atoms with van der Waals surface area (Å²) in [4.78, 5) is 19.2. The lowest BCUT2D eigenvalue weighted by molar-refractivity contribution is 0.0691. The van der Waals surface area contributed by atoms with Gasteiger partial charge in [-0.05, 0) is 24.3 Å². The first-order chi connectivity index (χ1) is 8.24. The number of fused-ring (bicyclic) bond motifs is 2. The molecule has 1 aromatic carbocycles. The molecule has 2 aromatic heterocycles. The Hall–Kier alpha value is -2.49. The van der Waals surface area contributed by atoms with Crippen LogP contribution < -0.4 is 0 Å². The maximum absolute atomic E-state index is 10.8. The maximum Gasteiger partial charge on any atom is 0.354 e. The summed E-state index contributed by atoms with van der Waals surface area (Å²) in [6.45, 7) is 0. The zero-order valence-corrected chi connectivity index (χ0v) is 8.79. The summed E-state index contributed by atoms with van der Waals surface area (Å²) < 4.78 is 0. The predicted molar refractivity (Wildman–Crippen MR) is 64.0 cm³/mol. The molecule has 0 atom stereocenters. The molecule has 0 aliphatic rings. The van der Waals surface area contributed by atoms with Gasteiger partial charge < -0.3 is 5.11 Å². The maximum atomic E-state index is 10.8. The van der Waals surface area contributed by atoms with Crippen LogP contribution in [-0.4, -0.2) is 21.0 Å². The van der Waals surface area contributed by atoms with E-state index < -0.39 is 5.97 Å². The van der Waals surface area contributed by atoms with E-state index in [4.69, 9.17) is 5.11 Å². The minimum absolute atomic E-state index is 0.0141. The van der Waals surface area contributed by atoms with Gasteiger partial charge in [0.1, 0.15) is 0 Å². The average molecular weight is 224 g/mol. The van der Waals surface area contributed by atoms with Gasteiger partial charge in [0.05, 0.1) is 5.52 Å². The summed E-state index contributed by atoms with van der Waals surface area (Å²) in [6.07, 6.45) is 0. The highest BCUT2D eigenvalue weighted by atomic mass is 16.4. The number of carboxylic acid groups (broad SMARTS) is 1. The number of aromatic carboxylic acids is 1. The predicted octanol–water partition coefficient (Wildman–Crippen LogP) is 2.48. The van der Waals surface area contributed by atoms with Gasteiger partial charge in [0.15, 0.2) is 11.3 Å². The molecular formula is C13H8N2O2. The van der Waals surface area contributed by atoms with Crippen LogP contribution in [0, 0.1) is 0 Å². The van der Waals surface area contributed by atoms with Crippen molar-refractivity contribution in [2.45, 2.75) is 0 Å². The highest BCUT2D eigenvalue weighted by Gasteiger charge is 2.06. The van der Waals surface area contributed by atoms with Crippen molar-refractivity contribution in [2.75, 3.05) is 0 Å². The molecule has 0 aliphatic heterocycles. The smallest absolute Gasteiger partial charge is 0.354 e. The first kappa shape index (κ1) is 9.72. The van der Waals surface area contributed by atoms with Crippen LogP contribution in [-0.2, 0) is 0 Å². The summed E-state index contributed by atoms with van der Waals surface area (Å²) in [7, 11) is 0. The molecule has 1 N–H and O–H groups in total. The number of hydrogen-bond donors (Lipinski definition) is 1. The number of carboxylic acids is 1. The van der Waals surface area contributed by atoms with Crippen LogP contribution in [0.2, 0.25) is 0 Å². The van der Waals surface area contributed by atoms with Gasteiger partial charge in [0.25, 0.3) is 0 Å². The molecule has 17 heavy (non-hydrogen) atoms. The molecule has 0 spiro atoms. The lowest BCUT2D eigenvalue weighted by atomic mass is 10.1. The fraction of sp³-hybridized carbons (Fsp3) is 0. The highest BCUT2D eigenvalue weighted by Crippen LogP contribution is 2.18. The average Bonchev–Trinajstić information content (AvgIpc) is 2.35. The number of rotatable bonds is 1. The van der Waals surface area contributed by atoms with Crippen molar-refractivity contribution in [1.29, 1.82) is 0 Å². The lowest BCUT2D eigenvalue weighted by Crippen LogP contribution is -2.00. The Morgan fingerprint density at radius 2 is 1.82 bits per heavy atom. The van der Waals surface area contributed by atoms with E-state index in [1.807, 2.05) is 30.3 Å². The van der Waals surface area contributed by atoms with Crippen molar-refractivity contribution in [2.24, 2.45) is 0 Å². The topological polar surface area (TPSA) is 63.1 Å². The summed E-state index contributed by atoms with van der Waals surface area (Å²) >= 11 is 0. The summed E-state index contributed by atoms with van der Waals surface area (Å²) in [5, 5.41) is 10.7. The third-order valence-electron chi connectivity index (χ3n) is 2.60. The quantitative estimate of drug-likeness (QED) is 0.645. The summed E-state index contributed by atoms with van der Waals surface area (Å²) in [6, 6.07) is 12.8. The number of aromatic nitrogens is 2. The highest BCUT2D eigenvalue weighted by molar-refractivity contribution is 5.93. The molecule has 3 aromatic rings. The van der Waals surface area contributed by atoms with Crippen LogP contribution in [0.15, 0.2) is 42.5 Å². The Bertz CT molecular complexity index is 738. The van der Waals surface area contributed by atoms with Crippen molar-refractivity contribution in [3.63, 3.8) is 0 Å². The zero-order chi connectivity index (χ0) is 11.8. The van der Waals surface area contributed by atoms with Crippen LogP contribution >= 0.6 is 0 Å². The van der Waals surface area contributed by atoms with E-state index >= 15 is 0 Å². The first-order valence-corrected chi connectivity index (χ1v) is 5.14. The molecule has 3 rings (SSSR count). The molecule has 0 saturated carbocycles. The Balaban J connectivity index is 2.36. The molecular weight excluding hydrogens is 216 g/mol. The molecule has 0 amide bonds. The van der Waals surface area contributed by atoms with Crippen LogP contribution in [0.4, 0.5) is 0 Å². The van der Waals surface area contributed by atoms with Gasteiger partial charge >= 0.3 is 5.97 Å². The number of hydrogen-bond acceptors (Lipinski definition) is 3. The standard InChI is InChI=1S/C13H8N2O2/c16-13(17)11-6-5-9-7-8-3-1-2-4-10(8)14-12(9)15-11/h1-7H,(H,16,17). The molecule has 0 unspecified atom stereocenters. The molecule has 0 fully saturated rings. The molecule has 4 nitrogen and oxygen atoms in total. The van der Waals surface area contributed by atoms with E-state index in [2.05, 4.69) is 9.97 Å². The minimum Gasteiger partial charge on any atom is -0.477 e. The Labute approximate surface area is 96.6 Å². The number of carbonyl (C=O) groups is 1. The Kier molecular flexibility index (Phi) is 2.01. The third kappa shape index (κ3) is 1.59. The molecule has 0 saturated heterocycles. The van der Waals surface area contributed by atoms with Gasteiger partial charge in [-0.25, -0.2) is 14.8 Å². The third-order valence-corrected chi connectivity index (χ3v) is 2.60. The summed E-state index contributed by atoms with van der Waals surface area (Å²) in [5.41, 5.74) is 1.29. The summed E-state index contributed by atoms with van der Waals surface area (Å²) in [5.74, 6) is -1.04. The fourth-order valence-corrected chi connectivity index (χ4v) is 1.77. The van der Waals surface area contributed by atoms with Gasteiger partial charge in [-0.1, -0.05) is 18.2 Å². The van der Waals surface area contributed by atoms with Gasteiger partial charge in [0, 0.05) is 10.8 Å². The molecule has 4 heteroatoms. The van der Waals surface area contributed by atoms with E-state index in [-0.39, 0.29) is 5.69 Å². The van der Waals surface area contributed by atoms with Gasteiger partial charge in [-0.15, -0.1) is 0 Å². The lowest BCUT2D eigenvalue weighted by Gasteiger charge is -2.01. The van der Waals surface area contributed by atoms with E-state index in [0.29, 0.717) is 5.65 Å². The first-order valence-electron chi connectivity index (χ1n) is 5.14. The fourth-order valence-electron chi connectivity index (χ4n) is 1.77.